The lowest BCUT2D eigenvalue weighted by molar-refractivity contribution is 0.0526. The molecule has 0 bridgehead atoms. The number of benzene rings is 1. The molecule has 0 atom stereocenters. The second-order valence-corrected chi connectivity index (χ2v) is 3.93. The fourth-order valence-electron chi connectivity index (χ4n) is 1.55. The van der Waals surface area contributed by atoms with Gasteiger partial charge in [0.05, 0.1) is 12.2 Å². The van der Waals surface area contributed by atoms with Gasteiger partial charge in [0.15, 0.2) is 0 Å². The van der Waals surface area contributed by atoms with Crippen molar-refractivity contribution in [3.8, 4) is 0 Å². The number of hydrogen-bond donors (Lipinski definition) is 1. The van der Waals surface area contributed by atoms with Crippen LogP contribution in [0.5, 0.6) is 0 Å². The number of nitrogens with one attached hydrogen (secondary N) is 1. The lowest BCUT2D eigenvalue weighted by Crippen LogP contribution is -2.05. The number of carbonyl (C=O) groups is 1. The van der Waals surface area contributed by atoms with Crippen LogP contribution in [0.1, 0.15) is 43.5 Å². The molecule has 0 aliphatic carbocycles. The van der Waals surface area contributed by atoms with Gasteiger partial charge in [0.1, 0.15) is 0 Å². The van der Waals surface area contributed by atoms with Gasteiger partial charge in [0.2, 0.25) is 0 Å². The van der Waals surface area contributed by atoms with E-state index >= 15 is 0 Å². The molecule has 0 saturated carbocycles. The van der Waals surface area contributed by atoms with Crippen molar-refractivity contribution in [1.29, 1.82) is 0 Å². The van der Waals surface area contributed by atoms with Crippen LogP contribution < -0.4 is 5.32 Å². The van der Waals surface area contributed by atoms with Gasteiger partial charge in [-0.15, -0.1) is 0 Å². The number of esters is 1. The molecule has 3 heteroatoms. The number of unbranched alkanes of at least 4 members (excludes halogenated alkanes) is 2. The molecule has 1 rings (SSSR count). The van der Waals surface area contributed by atoms with Crippen LogP contribution >= 0.6 is 0 Å². The molecule has 0 fully saturated rings. The summed E-state index contributed by atoms with van der Waals surface area (Å²) in [4.78, 5) is 11.4. The van der Waals surface area contributed by atoms with Crippen LogP contribution in [0, 0.1) is 0 Å². The molecule has 3 nitrogen and oxygen atoms in total. The van der Waals surface area contributed by atoms with E-state index in [1.165, 1.54) is 19.3 Å². The predicted octanol–water partition coefficient (Wildman–Crippen LogP) is 3.47. The first-order chi connectivity index (χ1) is 8.27. The average Bonchev–Trinajstić information content (AvgIpc) is 2.36. The molecule has 17 heavy (non-hydrogen) atoms. The lowest BCUT2D eigenvalue weighted by atomic mass is 10.2. The van der Waals surface area contributed by atoms with Crippen molar-refractivity contribution in [2.75, 3.05) is 18.5 Å². The Morgan fingerprint density at radius 3 is 2.47 bits per heavy atom. The van der Waals surface area contributed by atoms with Crippen LogP contribution in [0.2, 0.25) is 0 Å². The standard InChI is InChI=1S/C14H21NO2/c1-3-5-6-11-15-13-9-7-12(8-10-13)14(16)17-4-2/h7-10,15H,3-6,11H2,1-2H3. The zero-order valence-electron chi connectivity index (χ0n) is 10.7. The van der Waals surface area contributed by atoms with Crippen LogP contribution in [0.3, 0.4) is 0 Å². The first-order valence-corrected chi connectivity index (χ1v) is 6.29. The molecule has 0 unspecified atom stereocenters. The average molecular weight is 235 g/mol. The Morgan fingerprint density at radius 2 is 1.88 bits per heavy atom. The highest BCUT2D eigenvalue weighted by atomic mass is 16.5. The largest absolute Gasteiger partial charge is 0.462 e. The van der Waals surface area contributed by atoms with Gasteiger partial charge in [0, 0.05) is 12.2 Å². The van der Waals surface area contributed by atoms with Crippen LogP contribution in [-0.2, 0) is 4.74 Å². The van der Waals surface area contributed by atoms with Crippen molar-refractivity contribution in [2.45, 2.75) is 33.1 Å². The van der Waals surface area contributed by atoms with Crippen LogP contribution in [-0.4, -0.2) is 19.1 Å². The van der Waals surface area contributed by atoms with Gasteiger partial charge in [0.25, 0.3) is 0 Å². The maximum absolute atomic E-state index is 11.4. The van der Waals surface area contributed by atoms with Gasteiger partial charge in [-0.2, -0.15) is 0 Å². The Bertz CT molecular complexity index is 333. The number of carbonyl (C=O) groups excluding carboxylic acids is 1. The Kier molecular flexibility index (Phi) is 6.15. The fraction of sp³-hybridized carbons (Fsp3) is 0.500. The second-order valence-electron chi connectivity index (χ2n) is 3.93. The summed E-state index contributed by atoms with van der Waals surface area (Å²) >= 11 is 0. The molecule has 94 valence electrons. The van der Waals surface area contributed by atoms with Crippen molar-refractivity contribution in [3.63, 3.8) is 0 Å². The van der Waals surface area contributed by atoms with E-state index in [0.717, 1.165) is 12.2 Å². The number of rotatable bonds is 7. The number of ether oxygens (including phenoxy) is 1. The normalized spacial score (nSPS) is 10.0. The van der Waals surface area contributed by atoms with Crippen LogP contribution in [0.4, 0.5) is 5.69 Å². The smallest absolute Gasteiger partial charge is 0.338 e. The number of anilines is 1. The molecule has 0 aliphatic rings. The van der Waals surface area contributed by atoms with Gasteiger partial charge in [-0.05, 0) is 37.6 Å². The summed E-state index contributed by atoms with van der Waals surface area (Å²) in [7, 11) is 0. The highest BCUT2D eigenvalue weighted by Crippen LogP contribution is 2.10. The first kappa shape index (κ1) is 13.6. The zero-order valence-corrected chi connectivity index (χ0v) is 10.7. The predicted molar refractivity (Wildman–Crippen MR) is 70.4 cm³/mol. The third-order valence-corrected chi connectivity index (χ3v) is 2.51. The van der Waals surface area contributed by atoms with Gasteiger partial charge in [-0.3, -0.25) is 0 Å². The second kappa shape index (κ2) is 7.71. The van der Waals surface area contributed by atoms with E-state index in [9.17, 15) is 4.79 Å². The van der Waals surface area contributed by atoms with Gasteiger partial charge < -0.3 is 10.1 Å². The van der Waals surface area contributed by atoms with Gasteiger partial charge in [-0.1, -0.05) is 19.8 Å². The van der Waals surface area contributed by atoms with E-state index in [4.69, 9.17) is 4.74 Å². The molecule has 0 radical (unpaired) electrons. The van der Waals surface area contributed by atoms with E-state index in [1.807, 2.05) is 19.1 Å². The Morgan fingerprint density at radius 1 is 1.18 bits per heavy atom. The van der Waals surface area contributed by atoms with Gasteiger partial charge in [-0.25, -0.2) is 4.79 Å². The summed E-state index contributed by atoms with van der Waals surface area (Å²) < 4.78 is 4.92. The minimum atomic E-state index is -0.259. The van der Waals surface area contributed by atoms with E-state index in [0.29, 0.717) is 12.2 Å². The summed E-state index contributed by atoms with van der Waals surface area (Å²) in [6, 6.07) is 7.41. The SMILES string of the molecule is CCCCCNc1ccc(C(=O)OCC)cc1. The first-order valence-electron chi connectivity index (χ1n) is 6.29. The molecule has 1 aromatic rings. The fourth-order valence-corrected chi connectivity index (χ4v) is 1.55. The van der Waals surface area contributed by atoms with E-state index in [2.05, 4.69) is 12.2 Å². The maximum atomic E-state index is 11.4. The number of hydrogen-bond acceptors (Lipinski definition) is 3. The summed E-state index contributed by atoms with van der Waals surface area (Å²) in [6.07, 6.45) is 3.65. The molecular formula is C14H21NO2. The Balaban J connectivity index is 2.42. The molecule has 0 aliphatic heterocycles. The summed E-state index contributed by atoms with van der Waals surface area (Å²) in [5, 5.41) is 3.33. The topological polar surface area (TPSA) is 38.3 Å². The van der Waals surface area contributed by atoms with Crippen molar-refractivity contribution < 1.29 is 9.53 Å². The quantitative estimate of drug-likeness (QED) is 0.581. The van der Waals surface area contributed by atoms with E-state index in [1.54, 1.807) is 12.1 Å². The third-order valence-electron chi connectivity index (χ3n) is 2.51. The Hall–Kier alpha value is -1.51. The van der Waals surface area contributed by atoms with Crippen LogP contribution in [0.25, 0.3) is 0 Å². The zero-order chi connectivity index (χ0) is 12.5. The summed E-state index contributed by atoms with van der Waals surface area (Å²) in [5.74, 6) is -0.259. The van der Waals surface area contributed by atoms with Crippen molar-refractivity contribution >= 4 is 11.7 Å². The molecule has 1 aromatic carbocycles. The van der Waals surface area contributed by atoms with E-state index < -0.39 is 0 Å². The minimum Gasteiger partial charge on any atom is -0.462 e. The van der Waals surface area contributed by atoms with Crippen molar-refractivity contribution in [3.05, 3.63) is 29.8 Å². The lowest BCUT2D eigenvalue weighted by Gasteiger charge is -2.06. The summed E-state index contributed by atoms with van der Waals surface area (Å²) in [6.45, 7) is 5.39. The molecular weight excluding hydrogens is 214 g/mol. The Labute approximate surface area is 103 Å². The molecule has 0 heterocycles. The van der Waals surface area contributed by atoms with Gasteiger partial charge >= 0.3 is 5.97 Å². The highest BCUT2D eigenvalue weighted by molar-refractivity contribution is 5.89. The minimum absolute atomic E-state index is 0.259. The van der Waals surface area contributed by atoms with Crippen molar-refractivity contribution in [1.82, 2.24) is 0 Å². The third kappa shape index (κ3) is 4.89. The van der Waals surface area contributed by atoms with E-state index in [-0.39, 0.29) is 5.97 Å². The molecule has 0 amide bonds. The maximum Gasteiger partial charge on any atom is 0.338 e. The molecule has 0 aromatic heterocycles. The van der Waals surface area contributed by atoms with Crippen molar-refractivity contribution in [2.24, 2.45) is 0 Å². The molecule has 0 saturated heterocycles. The summed E-state index contributed by atoms with van der Waals surface area (Å²) in [5.41, 5.74) is 1.65. The molecule has 0 spiro atoms. The van der Waals surface area contributed by atoms with Crippen LogP contribution in [0.15, 0.2) is 24.3 Å². The molecule has 1 N–H and O–H groups in total. The highest BCUT2D eigenvalue weighted by Gasteiger charge is 2.04. The monoisotopic (exact) mass is 235 g/mol.